The predicted octanol–water partition coefficient (Wildman–Crippen LogP) is 5.59. The number of ketones is 1. The highest BCUT2D eigenvalue weighted by molar-refractivity contribution is 9.11. The number of nitrogens with zero attached hydrogens (tertiary/aromatic N) is 1. The lowest BCUT2D eigenvalue weighted by Crippen LogP contribution is -2.13. The van der Waals surface area contributed by atoms with E-state index in [0.29, 0.717) is 6.42 Å². The molecule has 0 aliphatic heterocycles. The Hall–Kier alpha value is -0.390. The Kier molecular flexibility index (Phi) is 3.95. The van der Waals surface area contributed by atoms with E-state index in [1.54, 1.807) is 0 Å². The summed E-state index contributed by atoms with van der Waals surface area (Å²) in [6.07, 6.45) is 2.55. The largest absolute Gasteiger partial charge is 0.315 e. The molecule has 0 spiro atoms. The van der Waals surface area contributed by atoms with Gasteiger partial charge in [0.25, 0.3) is 0 Å². The number of hydrogen-bond acceptors (Lipinski definition) is 1. The lowest BCUT2D eigenvalue weighted by atomic mass is 9.96. The maximum Gasteiger partial charge on any atom is 0.164 e. The zero-order valence-electron chi connectivity index (χ0n) is 10.8. The molecule has 0 atom stereocenters. The van der Waals surface area contributed by atoms with E-state index in [4.69, 9.17) is 0 Å². The number of carbonyl (C=O) groups is 1. The van der Waals surface area contributed by atoms with Crippen LogP contribution in [0.5, 0.6) is 0 Å². The highest BCUT2D eigenvalue weighted by atomic mass is 79.9. The van der Waals surface area contributed by atoms with Gasteiger partial charge in [0.1, 0.15) is 0 Å². The molecule has 1 aliphatic rings. The first-order chi connectivity index (χ1) is 9.49. The fourth-order valence-electron chi connectivity index (χ4n) is 2.79. The number of benzene rings is 1. The first-order valence-corrected chi connectivity index (χ1v) is 8.76. The van der Waals surface area contributed by atoms with Crippen LogP contribution in [-0.4, -0.2) is 10.4 Å². The van der Waals surface area contributed by atoms with Gasteiger partial charge in [-0.05, 0) is 69.8 Å². The van der Waals surface area contributed by atoms with Crippen LogP contribution in [0.3, 0.4) is 0 Å². The van der Waals surface area contributed by atoms with Gasteiger partial charge in [0, 0.05) is 36.8 Å². The van der Waals surface area contributed by atoms with Crippen LogP contribution in [0.4, 0.5) is 0 Å². The SMILES string of the molecule is Cc1cc2c(n1-c1c(Br)cc(Br)cc1Br)CCCC2=O. The second-order valence-electron chi connectivity index (χ2n) is 4.98. The number of halogens is 3. The third kappa shape index (κ3) is 2.34. The zero-order chi connectivity index (χ0) is 14.4. The molecule has 0 N–H and O–H groups in total. The Morgan fingerprint density at radius 2 is 1.70 bits per heavy atom. The number of hydrogen-bond donors (Lipinski definition) is 0. The Labute approximate surface area is 142 Å². The maximum absolute atomic E-state index is 12.1. The highest BCUT2D eigenvalue weighted by Crippen LogP contribution is 2.37. The highest BCUT2D eigenvalue weighted by Gasteiger charge is 2.24. The summed E-state index contributed by atoms with van der Waals surface area (Å²) >= 11 is 10.8. The standard InChI is InChI=1S/C15H12Br3NO/c1-8-5-10-13(3-2-4-14(10)20)19(8)15-11(17)6-9(16)7-12(15)18/h5-7H,2-4H2,1H3. The number of aromatic nitrogens is 1. The van der Waals surface area contributed by atoms with Crippen molar-refractivity contribution < 1.29 is 4.79 Å². The first kappa shape index (κ1) is 14.5. The number of fused-ring (bicyclic) bond motifs is 1. The predicted molar refractivity (Wildman–Crippen MR) is 90.9 cm³/mol. The molecule has 2 nitrogen and oxygen atoms in total. The molecule has 104 valence electrons. The topological polar surface area (TPSA) is 22.0 Å². The van der Waals surface area contributed by atoms with Gasteiger partial charge in [0.2, 0.25) is 0 Å². The quantitative estimate of drug-likeness (QED) is 0.542. The van der Waals surface area contributed by atoms with Crippen molar-refractivity contribution in [2.24, 2.45) is 0 Å². The molecular weight excluding hydrogens is 450 g/mol. The Bertz CT molecular complexity index is 695. The Morgan fingerprint density at radius 1 is 1.05 bits per heavy atom. The minimum absolute atomic E-state index is 0.262. The average Bonchev–Trinajstić information content (AvgIpc) is 2.67. The van der Waals surface area contributed by atoms with Crippen molar-refractivity contribution in [1.82, 2.24) is 4.57 Å². The van der Waals surface area contributed by atoms with E-state index in [0.717, 1.165) is 48.9 Å². The summed E-state index contributed by atoms with van der Waals surface area (Å²) in [5.41, 5.74) is 4.16. The summed E-state index contributed by atoms with van der Waals surface area (Å²) in [5, 5.41) is 0. The van der Waals surface area contributed by atoms with Crippen molar-refractivity contribution in [2.75, 3.05) is 0 Å². The van der Waals surface area contributed by atoms with E-state index < -0.39 is 0 Å². The molecule has 1 aliphatic carbocycles. The molecule has 0 amide bonds. The van der Waals surface area contributed by atoms with Gasteiger partial charge in [0.15, 0.2) is 5.78 Å². The lowest BCUT2D eigenvalue weighted by Gasteiger charge is -2.18. The van der Waals surface area contributed by atoms with Crippen LogP contribution < -0.4 is 0 Å². The van der Waals surface area contributed by atoms with Gasteiger partial charge in [-0.3, -0.25) is 4.79 Å². The van der Waals surface area contributed by atoms with Crippen molar-refractivity contribution >= 4 is 53.6 Å². The Balaban J connectivity index is 2.29. The van der Waals surface area contributed by atoms with E-state index in [1.807, 2.05) is 25.1 Å². The van der Waals surface area contributed by atoms with Gasteiger partial charge >= 0.3 is 0 Å². The second kappa shape index (κ2) is 5.43. The third-order valence-corrected chi connectivity index (χ3v) is 5.28. The van der Waals surface area contributed by atoms with Crippen molar-refractivity contribution in [3.8, 4) is 5.69 Å². The number of rotatable bonds is 1. The minimum atomic E-state index is 0.262. The van der Waals surface area contributed by atoms with Gasteiger partial charge in [0.05, 0.1) is 5.69 Å². The molecular formula is C15H12Br3NO. The van der Waals surface area contributed by atoms with E-state index in [2.05, 4.69) is 52.4 Å². The van der Waals surface area contributed by atoms with Gasteiger partial charge < -0.3 is 4.57 Å². The van der Waals surface area contributed by atoms with Crippen molar-refractivity contribution in [1.29, 1.82) is 0 Å². The number of Topliss-reactive ketones (excluding diaryl/α,β-unsaturated/α-hetero) is 1. The molecule has 1 heterocycles. The van der Waals surface area contributed by atoms with Crippen LogP contribution in [0, 0.1) is 6.92 Å². The molecule has 0 unspecified atom stereocenters. The fraction of sp³-hybridized carbons (Fsp3) is 0.267. The second-order valence-corrected chi connectivity index (χ2v) is 7.60. The lowest BCUT2D eigenvalue weighted by molar-refractivity contribution is 0.0972. The van der Waals surface area contributed by atoms with Crippen molar-refractivity contribution in [3.63, 3.8) is 0 Å². The van der Waals surface area contributed by atoms with Gasteiger partial charge in [-0.1, -0.05) is 15.9 Å². The molecule has 0 saturated carbocycles. The van der Waals surface area contributed by atoms with Crippen LogP contribution in [0.15, 0.2) is 31.6 Å². The summed E-state index contributed by atoms with van der Waals surface area (Å²) in [7, 11) is 0. The summed E-state index contributed by atoms with van der Waals surface area (Å²) in [4.78, 5) is 12.1. The van der Waals surface area contributed by atoms with Gasteiger partial charge in [-0.2, -0.15) is 0 Å². The molecule has 3 rings (SSSR count). The average molecular weight is 462 g/mol. The van der Waals surface area contributed by atoms with E-state index in [9.17, 15) is 4.79 Å². The van der Waals surface area contributed by atoms with Gasteiger partial charge in [-0.25, -0.2) is 0 Å². The van der Waals surface area contributed by atoms with E-state index in [1.165, 1.54) is 0 Å². The summed E-state index contributed by atoms with van der Waals surface area (Å²) in [5.74, 6) is 0.262. The number of carbonyl (C=O) groups excluding carboxylic acids is 1. The third-order valence-electron chi connectivity index (χ3n) is 3.61. The van der Waals surface area contributed by atoms with E-state index >= 15 is 0 Å². The molecule has 2 aromatic rings. The van der Waals surface area contributed by atoms with Gasteiger partial charge in [-0.15, -0.1) is 0 Å². The molecule has 1 aromatic carbocycles. The molecule has 1 aromatic heterocycles. The summed E-state index contributed by atoms with van der Waals surface area (Å²) < 4.78 is 5.19. The minimum Gasteiger partial charge on any atom is -0.315 e. The number of aryl methyl sites for hydroxylation is 1. The molecule has 20 heavy (non-hydrogen) atoms. The Morgan fingerprint density at radius 3 is 2.35 bits per heavy atom. The fourth-order valence-corrected chi connectivity index (χ4v) is 5.40. The van der Waals surface area contributed by atoms with Crippen LogP contribution in [-0.2, 0) is 6.42 Å². The monoisotopic (exact) mass is 459 g/mol. The molecule has 0 radical (unpaired) electrons. The normalized spacial score (nSPS) is 14.5. The maximum atomic E-state index is 12.1. The molecule has 0 fully saturated rings. The van der Waals surface area contributed by atoms with Crippen LogP contribution in [0.2, 0.25) is 0 Å². The molecule has 0 saturated heterocycles. The van der Waals surface area contributed by atoms with Crippen LogP contribution >= 0.6 is 47.8 Å². The first-order valence-electron chi connectivity index (χ1n) is 6.38. The molecule has 0 bridgehead atoms. The smallest absolute Gasteiger partial charge is 0.164 e. The zero-order valence-corrected chi connectivity index (χ0v) is 15.6. The van der Waals surface area contributed by atoms with Crippen molar-refractivity contribution in [2.45, 2.75) is 26.2 Å². The summed E-state index contributed by atoms with van der Waals surface area (Å²) in [6.45, 7) is 2.05. The summed E-state index contributed by atoms with van der Waals surface area (Å²) in [6, 6.07) is 6.06. The van der Waals surface area contributed by atoms with Crippen LogP contribution in [0.1, 0.15) is 34.6 Å². The molecule has 5 heteroatoms. The van der Waals surface area contributed by atoms with Crippen molar-refractivity contribution in [3.05, 3.63) is 48.6 Å². The van der Waals surface area contributed by atoms with E-state index in [-0.39, 0.29) is 5.78 Å². The van der Waals surface area contributed by atoms with Crippen LogP contribution in [0.25, 0.3) is 5.69 Å².